The normalized spacial score (nSPS) is 18.9. The summed E-state index contributed by atoms with van der Waals surface area (Å²) in [5, 5.41) is 10.0. The molecule has 2 rings (SSSR count). The molecule has 1 aliphatic heterocycles. The van der Waals surface area contributed by atoms with Crippen molar-refractivity contribution >= 4 is 41.3 Å². The second-order valence-corrected chi connectivity index (χ2v) is 7.93. The lowest BCUT2D eigenvalue weighted by Gasteiger charge is -2.30. The molecule has 0 aromatic carbocycles. The van der Waals surface area contributed by atoms with Crippen LogP contribution < -0.4 is 10.6 Å². The molecule has 1 atom stereocenters. The molecule has 2 N–H and O–H groups in total. The number of guanidine groups is 1. The highest BCUT2D eigenvalue weighted by atomic mass is 127. The van der Waals surface area contributed by atoms with E-state index >= 15 is 0 Å². The molecular formula is C18H34IN5S. The third-order valence-corrected chi connectivity index (χ3v) is 5.19. The van der Waals surface area contributed by atoms with Crippen LogP contribution in [-0.2, 0) is 6.54 Å². The molecule has 0 amide bonds. The van der Waals surface area contributed by atoms with Crippen molar-refractivity contribution in [3.8, 4) is 0 Å². The maximum Gasteiger partial charge on any atom is 0.191 e. The molecular weight excluding hydrogens is 445 g/mol. The van der Waals surface area contributed by atoms with Gasteiger partial charge >= 0.3 is 0 Å². The fraction of sp³-hybridized carbons (Fsp3) is 0.778. The standard InChI is InChI=1S/C18H33N5S.HI/c1-5-19-18(20-8-10-23-9-6-7-15(4)12-23)21-11-17-22-16(13-24-17)14(2)3;/h13-15H,5-12H2,1-4H3,(H2,19,20,21);1H. The van der Waals surface area contributed by atoms with Gasteiger partial charge in [0.2, 0.25) is 0 Å². The Balaban J connectivity index is 0.00000312. The Labute approximate surface area is 174 Å². The first-order valence-electron chi connectivity index (χ1n) is 9.27. The van der Waals surface area contributed by atoms with Crippen LogP contribution in [0.15, 0.2) is 10.4 Å². The van der Waals surface area contributed by atoms with Crippen molar-refractivity contribution in [1.29, 1.82) is 0 Å². The summed E-state index contributed by atoms with van der Waals surface area (Å²) in [6.45, 7) is 14.8. The van der Waals surface area contributed by atoms with Gasteiger partial charge in [-0.15, -0.1) is 35.3 Å². The van der Waals surface area contributed by atoms with E-state index in [1.165, 1.54) is 31.6 Å². The fourth-order valence-electron chi connectivity index (χ4n) is 2.97. The van der Waals surface area contributed by atoms with E-state index in [0.717, 1.165) is 36.5 Å². The average Bonchev–Trinajstić information content (AvgIpc) is 3.02. The summed E-state index contributed by atoms with van der Waals surface area (Å²) in [4.78, 5) is 11.9. The van der Waals surface area contributed by atoms with Crippen molar-refractivity contribution in [2.45, 2.75) is 53.0 Å². The number of aliphatic imine (C=N–C) groups is 1. The summed E-state index contributed by atoms with van der Waals surface area (Å²) >= 11 is 1.70. The molecule has 1 unspecified atom stereocenters. The summed E-state index contributed by atoms with van der Waals surface area (Å²) in [7, 11) is 0. The zero-order valence-electron chi connectivity index (χ0n) is 16.0. The zero-order valence-corrected chi connectivity index (χ0v) is 19.2. The molecule has 2 heterocycles. The van der Waals surface area contributed by atoms with Gasteiger partial charge < -0.3 is 15.5 Å². The fourth-order valence-corrected chi connectivity index (χ4v) is 3.85. The first-order chi connectivity index (χ1) is 11.6. The number of likely N-dealkylation sites (tertiary alicyclic amines) is 1. The molecule has 1 fully saturated rings. The topological polar surface area (TPSA) is 52.6 Å². The van der Waals surface area contributed by atoms with E-state index in [0.29, 0.717) is 12.5 Å². The van der Waals surface area contributed by atoms with Crippen molar-refractivity contribution in [2.75, 3.05) is 32.7 Å². The highest BCUT2D eigenvalue weighted by molar-refractivity contribution is 14.0. The molecule has 1 aromatic heterocycles. The van der Waals surface area contributed by atoms with Gasteiger partial charge in [0.1, 0.15) is 5.01 Å². The van der Waals surface area contributed by atoms with Crippen LogP contribution in [0, 0.1) is 5.92 Å². The van der Waals surface area contributed by atoms with Gasteiger partial charge in [0, 0.05) is 31.6 Å². The maximum atomic E-state index is 4.68. The number of nitrogens with zero attached hydrogens (tertiary/aromatic N) is 3. The lowest BCUT2D eigenvalue weighted by molar-refractivity contribution is 0.187. The van der Waals surface area contributed by atoms with E-state index in [9.17, 15) is 0 Å². The summed E-state index contributed by atoms with van der Waals surface area (Å²) in [6.07, 6.45) is 2.71. The Kier molecular flexibility index (Phi) is 10.9. The molecule has 1 aliphatic rings. The molecule has 0 spiro atoms. The van der Waals surface area contributed by atoms with Crippen LogP contribution in [0.5, 0.6) is 0 Å². The number of hydrogen-bond donors (Lipinski definition) is 2. The van der Waals surface area contributed by atoms with Gasteiger partial charge in [-0.05, 0) is 38.1 Å². The van der Waals surface area contributed by atoms with Gasteiger partial charge in [0.15, 0.2) is 5.96 Å². The van der Waals surface area contributed by atoms with Gasteiger partial charge in [0.25, 0.3) is 0 Å². The van der Waals surface area contributed by atoms with Crippen LogP contribution in [-0.4, -0.2) is 48.6 Å². The van der Waals surface area contributed by atoms with Crippen LogP contribution in [0.2, 0.25) is 0 Å². The molecule has 1 aromatic rings. The molecule has 7 heteroatoms. The minimum absolute atomic E-state index is 0. The number of thiazole rings is 1. The zero-order chi connectivity index (χ0) is 17.4. The Hall–Kier alpha value is -0.410. The van der Waals surface area contributed by atoms with Crippen molar-refractivity contribution in [1.82, 2.24) is 20.5 Å². The number of aromatic nitrogens is 1. The number of halogens is 1. The Morgan fingerprint density at radius 3 is 2.88 bits per heavy atom. The third kappa shape index (κ3) is 8.21. The summed E-state index contributed by atoms with van der Waals surface area (Å²) in [5.41, 5.74) is 1.17. The number of rotatable bonds is 7. The first kappa shape index (κ1) is 22.6. The van der Waals surface area contributed by atoms with Gasteiger partial charge in [0.05, 0.1) is 12.2 Å². The van der Waals surface area contributed by atoms with Crippen LogP contribution in [0.25, 0.3) is 0 Å². The molecule has 0 aliphatic carbocycles. The van der Waals surface area contributed by atoms with Gasteiger partial charge in [-0.3, -0.25) is 0 Å². The van der Waals surface area contributed by atoms with Crippen LogP contribution in [0.1, 0.15) is 57.2 Å². The molecule has 0 bridgehead atoms. The molecule has 0 radical (unpaired) electrons. The van der Waals surface area contributed by atoms with Crippen LogP contribution >= 0.6 is 35.3 Å². The number of piperidine rings is 1. The maximum absolute atomic E-state index is 4.68. The van der Waals surface area contributed by atoms with Gasteiger partial charge in [-0.2, -0.15) is 0 Å². The molecule has 1 saturated heterocycles. The molecule has 0 saturated carbocycles. The largest absolute Gasteiger partial charge is 0.357 e. The minimum atomic E-state index is 0. The second kappa shape index (κ2) is 12.1. The SMILES string of the molecule is CCNC(=NCc1nc(C(C)C)cs1)NCCN1CCCC(C)C1.I. The summed E-state index contributed by atoms with van der Waals surface area (Å²) < 4.78 is 0. The molecule has 144 valence electrons. The van der Waals surface area contributed by atoms with E-state index in [1.54, 1.807) is 11.3 Å². The van der Waals surface area contributed by atoms with E-state index in [-0.39, 0.29) is 24.0 Å². The Bertz CT molecular complexity index is 517. The average molecular weight is 479 g/mol. The third-order valence-electron chi connectivity index (χ3n) is 4.34. The van der Waals surface area contributed by atoms with E-state index in [1.807, 2.05) is 0 Å². The summed E-state index contributed by atoms with van der Waals surface area (Å²) in [6, 6.07) is 0. The quantitative estimate of drug-likeness (QED) is 0.356. The lowest BCUT2D eigenvalue weighted by Crippen LogP contribution is -2.43. The smallest absolute Gasteiger partial charge is 0.191 e. The first-order valence-corrected chi connectivity index (χ1v) is 10.1. The van der Waals surface area contributed by atoms with Crippen molar-refractivity contribution in [3.05, 3.63) is 16.1 Å². The highest BCUT2D eigenvalue weighted by Gasteiger charge is 2.15. The van der Waals surface area contributed by atoms with E-state index < -0.39 is 0 Å². The van der Waals surface area contributed by atoms with E-state index in [4.69, 9.17) is 0 Å². The number of nitrogens with one attached hydrogen (secondary N) is 2. The highest BCUT2D eigenvalue weighted by Crippen LogP contribution is 2.18. The van der Waals surface area contributed by atoms with Crippen molar-refractivity contribution < 1.29 is 0 Å². The predicted molar refractivity (Wildman–Crippen MR) is 119 cm³/mol. The van der Waals surface area contributed by atoms with Crippen LogP contribution in [0.4, 0.5) is 0 Å². The molecule has 5 nitrogen and oxygen atoms in total. The van der Waals surface area contributed by atoms with Crippen LogP contribution in [0.3, 0.4) is 0 Å². The van der Waals surface area contributed by atoms with Gasteiger partial charge in [-0.1, -0.05) is 20.8 Å². The predicted octanol–water partition coefficient (Wildman–Crippen LogP) is 3.67. The van der Waals surface area contributed by atoms with E-state index in [2.05, 4.69) is 58.6 Å². The van der Waals surface area contributed by atoms with Gasteiger partial charge in [-0.25, -0.2) is 9.98 Å². The van der Waals surface area contributed by atoms with Crippen molar-refractivity contribution in [2.24, 2.45) is 10.9 Å². The second-order valence-electron chi connectivity index (χ2n) is 6.99. The van der Waals surface area contributed by atoms with Crippen molar-refractivity contribution in [3.63, 3.8) is 0 Å². The summed E-state index contributed by atoms with van der Waals surface area (Å²) in [5.74, 6) is 2.21. The molecule has 25 heavy (non-hydrogen) atoms. The monoisotopic (exact) mass is 479 g/mol. The Morgan fingerprint density at radius 1 is 1.44 bits per heavy atom. The minimum Gasteiger partial charge on any atom is -0.357 e. The number of hydrogen-bond acceptors (Lipinski definition) is 4. The Morgan fingerprint density at radius 2 is 2.24 bits per heavy atom. The lowest BCUT2D eigenvalue weighted by atomic mass is 10.0.